The molecule has 0 radical (unpaired) electrons. The quantitative estimate of drug-likeness (QED) is 0.644. The molecule has 0 saturated carbocycles. The van der Waals surface area contributed by atoms with E-state index in [4.69, 9.17) is 9.47 Å². The van der Waals surface area contributed by atoms with E-state index in [1.165, 1.54) is 13.8 Å². The molecule has 1 aromatic heterocycles. The summed E-state index contributed by atoms with van der Waals surface area (Å²) in [6.07, 6.45) is -5.51. The fraction of sp³-hybridized carbons (Fsp3) is 0.476. The second-order valence-electron chi connectivity index (χ2n) is 8.26. The summed E-state index contributed by atoms with van der Waals surface area (Å²) in [4.78, 5) is 14.7. The molecule has 0 unspecified atom stereocenters. The molecule has 0 amide bonds. The number of aryl methyl sites for hydroxylation is 1. The molecule has 1 fully saturated rings. The van der Waals surface area contributed by atoms with Gasteiger partial charge in [0.2, 0.25) is 11.2 Å². The Hall–Kier alpha value is -2.47. The van der Waals surface area contributed by atoms with E-state index in [-0.39, 0.29) is 17.0 Å². The summed E-state index contributed by atoms with van der Waals surface area (Å²) in [5.41, 5.74) is -3.98. The maximum absolute atomic E-state index is 14.4. The first-order valence-corrected chi connectivity index (χ1v) is 11.6. The normalized spacial score (nSPS) is 25.9. The first kappa shape index (κ1) is 25.2. The number of halogens is 5. The lowest BCUT2D eigenvalue weighted by Crippen LogP contribution is -2.46. The van der Waals surface area contributed by atoms with Crippen molar-refractivity contribution >= 4 is 9.84 Å². The Morgan fingerprint density at radius 2 is 1.82 bits per heavy atom. The van der Waals surface area contributed by atoms with E-state index in [0.29, 0.717) is 0 Å². The minimum absolute atomic E-state index is 0.0899. The van der Waals surface area contributed by atoms with Crippen LogP contribution in [0.1, 0.15) is 42.8 Å². The van der Waals surface area contributed by atoms with E-state index >= 15 is 0 Å². The number of pyridine rings is 1. The standard InChI is InChI=1S/C21H22F5NO5S/c1-9-15(11-6-7-12(22)16(23)17(11)31-4)18(32-20(9,3)21(24,25)26)13-8-14(28)19(10(2)27-13)33(5,29)30/h6-9,15,18H,1-5H3,(H,27,28)/t9-,15-,18-,20+/m0/s1. The molecule has 0 spiro atoms. The summed E-state index contributed by atoms with van der Waals surface area (Å²) < 4.78 is 105. The number of rotatable bonds is 4. The van der Waals surface area contributed by atoms with Crippen molar-refractivity contribution in [2.24, 2.45) is 5.92 Å². The second-order valence-corrected chi connectivity index (χ2v) is 10.2. The Kier molecular flexibility index (Phi) is 6.16. The van der Waals surface area contributed by atoms with Crippen LogP contribution in [-0.2, 0) is 14.6 Å². The van der Waals surface area contributed by atoms with Crippen LogP contribution in [-0.4, -0.2) is 38.5 Å². The van der Waals surface area contributed by atoms with E-state index < -0.39 is 67.3 Å². The first-order chi connectivity index (χ1) is 15.0. The third-order valence-electron chi connectivity index (χ3n) is 6.17. The van der Waals surface area contributed by atoms with Crippen molar-refractivity contribution in [1.82, 2.24) is 4.98 Å². The van der Waals surface area contributed by atoms with Crippen LogP contribution < -0.4 is 10.2 Å². The van der Waals surface area contributed by atoms with Gasteiger partial charge >= 0.3 is 6.18 Å². The number of benzene rings is 1. The van der Waals surface area contributed by atoms with Crippen LogP contribution in [0.25, 0.3) is 0 Å². The predicted octanol–water partition coefficient (Wildman–Crippen LogP) is 4.19. The van der Waals surface area contributed by atoms with Gasteiger partial charge < -0.3 is 14.5 Å². The van der Waals surface area contributed by atoms with Crippen LogP contribution in [0.5, 0.6) is 5.75 Å². The summed E-state index contributed by atoms with van der Waals surface area (Å²) in [5.74, 6) is -5.78. The summed E-state index contributed by atoms with van der Waals surface area (Å²) in [5, 5.41) is 0. The molecule has 1 aromatic carbocycles. The van der Waals surface area contributed by atoms with Crippen molar-refractivity contribution in [2.45, 2.75) is 49.5 Å². The highest BCUT2D eigenvalue weighted by Gasteiger charge is 2.65. The van der Waals surface area contributed by atoms with Crippen LogP contribution in [0.2, 0.25) is 0 Å². The maximum atomic E-state index is 14.4. The molecule has 1 aliphatic rings. The van der Waals surface area contributed by atoms with Gasteiger partial charge in [-0.2, -0.15) is 17.6 Å². The van der Waals surface area contributed by atoms with Gasteiger partial charge in [0.15, 0.2) is 27.0 Å². The molecule has 3 rings (SSSR count). The Morgan fingerprint density at radius 3 is 2.30 bits per heavy atom. The third-order valence-corrected chi connectivity index (χ3v) is 7.42. The van der Waals surface area contributed by atoms with E-state index in [0.717, 1.165) is 38.5 Å². The van der Waals surface area contributed by atoms with Crippen molar-refractivity contribution in [3.05, 3.63) is 57.0 Å². The molecular weight excluding hydrogens is 473 g/mol. The average molecular weight is 495 g/mol. The zero-order valence-electron chi connectivity index (χ0n) is 18.3. The number of aromatic amines is 1. The zero-order valence-corrected chi connectivity index (χ0v) is 19.1. The number of hydrogen-bond acceptors (Lipinski definition) is 5. The third kappa shape index (κ3) is 4.03. The largest absolute Gasteiger partial charge is 0.493 e. The summed E-state index contributed by atoms with van der Waals surface area (Å²) in [6.45, 7) is 3.36. The van der Waals surface area contributed by atoms with Gasteiger partial charge in [-0.3, -0.25) is 4.79 Å². The summed E-state index contributed by atoms with van der Waals surface area (Å²) in [6, 6.07) is 2.72. The Balaban J connectivity index is 2.30. The van der Waals surface area contributed by atoms with Gasteiger partial charge in [-0.05, 0) is 19.9 Å². The number of methoxy groups -OCH3 is 1. The Bertz CT molecular complexity index is 1260. The van der Waals surface area contributed by atoms with Gasteiger partial charge in [-0.25, -0.2) is 12.8 Å². The van der Waals surface area contributed by atoms with Crippen LogP contribution in [0.3, 0.4) is 0 Å². The molecule has 33 heavy (non-hydrogen) atoms. The fourth-order valence-electron chi connectivity index (χ4n) is 4.40. The van der Waals surface area contributed by atoms with Crippen molar-refractivity contribution in [3.63, 3.8) is 0 Å². The highest BCUT2D eigenvalue weighted by atomic mass is 32.2. The number of nitrogens with one attached hydrogen (secondary N) is 1. The van der Waals surface area contributed by atoms with Crippen molar-refractivity contribution < 1.29 is 39.8 Å². The Labute approximate surface area is 186 Å². The minimum Gasteiger partial charge on any atom is -0.493 e. The molecule has 6 nitrogen and oxygen atoms in total. The maximum Gasteiger partial charge on any atom is 0.417 e. The summed E-state index contributed by atoms with van der Waals surface area (Å²) in [7, 11) is -2.88. The monoisotopic (exact) mass is 495 g/mol. The first-order valence-electron chi connectivity index (χ1n) is 9.75. The minimum atomic E-state index is -4.85. The molecule has 1 aliphatic heterocycles. The van der Waals surface area contributed by atoms with E-state index in [1.807, 2.05) is 0 Å². The lowest BCUT2D eigenvalue weighted by Gasteiger charge is -2.32. The SMILES string of the molecule is COc1c([C@H]2[C@H](c3cc(=O)c(S(C)(=O)=O)c(C)[nH]3)O[C@@](C)(C(F)(F)F)[C@H]2C)ccc(F)c1F. The van der Waals surface area contributed by atoms with Crippen LogP contribution in [0.4, 0.5) is 22.0 Å². The average Bonchev–Trinajstić information content (AvgIpc) is 2.94. The van der Waals surface area contributed by atoms with Gasteiger partial charge in [0.1, 0.15) is 11.0 Å². The number of aromatic nitrogens is 1. The Morgan fingerprint density at radius 1 is 1.21 bits per heavy atom. The van der Waals surface area contributed by atoms with E-state index in [2.05, 4.69) is 4.98 Å². The molecule has 2 heterocycles. The topological polar surface area (TPSA) is 85.5 Å². The van der Waals surface area contributed by atoms with Gasteiger partial charge in [-0.15, -0.1) is 0 Å². The van der Waals surface area contributed by atoms with Gasteiger partial charge in [0.25, 0.3) is 0 Å². The molecule has 1 saturated heterocycles. The highest BCUT2D eigenvalue weighted by molar-refractivity contribution is 7.90. The van der Waals surface area contributed by atoms with Crippen LogP contribution in [0, 0.1) is 24.5 Å². The van der Waals surface area contributed by atoms with Crippen molar-refractivity contribution in [2.75, 3.05) is 13.4 Å². The predicted molar refractivity (Wildman–Crippen MR) is 108 cm³/mol. The smallest absolute Gasteiger partial charge is 0.417 e. The number of ether oxygens (including phenoxy) is 2. The molecule has 0 bridgehead atoms. The lowest BCUT2D eigenvalue weighted by atomic mass is 9.76. The molecule has 1 N–H and O–H groups in total. The van der Waals surface area contributed by atoms with E-state index in [1.54, 1.807) is 0 Å². The fourth-order valence-corrected chi connectivity index (χ4v) is 5.43. The van der Waals surface area contributed by atoms with Crippen molar-refractivity contribution in [3.8, 4) is 5.75 Å². The van der Waals surface area contributed by atoms with Crippen LogP contribution >= 0.6 is 0 Å². The molecule has 12 heteroatoms. The second kappa shape index (κ2) is 8.08. The van der Waals surface area contributed by atoms with Crippen molar-refractivity contribution in [1.29, 1.82) is 0 Å². The number of hydrogen-bond donors (Lipinski definition) is 1. The molecule has 0 aliphatic carbocycles. The number of alkyl halides is 3. The molecule has 182 valence electrons. The molecule has 4 atom stereocenters. The summed E-state index contributed by atoms with van der Waals surface area (Å²) >= 11 is 0. The van der Waals surface area contributed by atoms with Gasteiger partial charge in [0.05, 0.1) is 7.11 Å². The highest BCUT2D eigenvalue weighted by Crippen LogP contribution is 2.59. The number of H-pyrrole nitrogens is 1. The lowest BCUT2D eigenvalue weighted by molar-refractivity contribution is -0.275. The molecule has 2 aromatic rings. The van der Waals surface area contributed by atoms with Gasteiger partial charge in [0, 0.05) is 41.1 Å². The zero-order chi connectivity index (χ0) is 25.1. The van der Waals surface area contributed by atoms with Gasteiger partial charge in [-0.1, -0.05) is 13.0 Å². The van der Waals surface area contributed by atoms with E-state index in [9.17, 15) is 35.2 Å². The number of sulfone groups is 1. The molecular formula is C21H22F5NO5S. The van der Waals surface area contributed by atoms with Crippen LogP contribution in [0.15, 0.2) is 27.9 Å².